The second-order valence-corrected chi connectivity index (χ2v) is 5.88. The third-order valence-corrected chi connectivity index (χ3v) is 4.31. The van der Waals surface area contributed by atoms with Crippen molar-refractivity contribution in [2.24, 2.45) is 0 Å². The monoisotopic (exact) mass is 368 g/mol. The number of halogens is 2. The first-order chi connectivity index (χ1) is 12.9. The highest BCUT2D eigenvalue weighted by Gasteiger charge is 2.39. The minimum atomic E-state index is -0.904. The molecule has 0 fully saturated rings. The van der Waals surface area contributed by atoms with Gasteiger partial charge in [0.2, 0.25) is 0 Å². The van der Waals surface area contributed by atoms with E-state index in [4.69, 9.17) is 11.2 Å². The van der Waals surface area contributed by atoms with Crippen LogP contribution in [0, 0.1) is 24.0 Å². The molecule has 2 heterocycles. The summed E-state index contributed by atoms with van der Waals surface area (Å²) in [7, 11) is 0. The predicted molar refractivity (Wildman–Crippen MR) is 90.6 cm³/mol. The fourth-order valence-corrected chi connectivity index (χ4v) is 3.08. The highest BCUT2D eigenvalue weighted by molar-refractivity contribution is 6.34. The average Bonchev–Trinajstić information content (AvgIpc) is 2.88. The van der Waals surface area contributed by atoms with E-state index in [0.29, 0.717) is 4.90 Å². The molecule has 27 heavy (non-hydrogen) atoms. The molecular formula is C19H10F2N2O4. The summed E-state index contributed by atoms with van der Waals surface area (Å²) in [6.45, 7) is -0.395. The summed E-state index contributed by atoms with van der Waals surface area (Å²) in [5.41, 5.74) is -0.430. The van der Waals surface area contributed by atoms with Crippen LogP contribution in [0.4, 0.5) is 20.2 Å². The third-order valence-electron chi connectivity index (χ3n) is 4.31. The van der Waals surface area contributed by atoms with Crippen molar-refractivity contribution >= 4 is 29.1 Å². The summed E-state index contributed by atoms with van der Waals surface area (Å²) in [6.07, 6.45) is 5.27. The molecule has 0 unspecified atom stereocenters. The molecular weight excluding hydrogens is 358 g/mol. The van der Waals surface area contributed by atoms with E-state index in [2.05, 4.69) is 5.92 Å². The number of fused-ring (bicyclic) bond motifs is 2. The molecule has 2 aromatic carbocycles. The van der Waals surface area contributed by atoms with Gasteiger partial charge in [0.05, 0.1) is 29.0 Å². The topological polar surface area (TPSA) is 66.9 Å². The number of carbonyl (C=O) groups is 3. The number of hydrogen-bond donors (Lipinski definition) is 0. The maximum Gasteiger partial charge on any atom is 0.266 e. The first-order valence-corrected chi connectivity index (χ1v) is 7.81. The summed E-state index contributed by atoms with van der Waals surface area (Å²) in [5, 5.41) is 0. The molecule has 2 aliphatic heterocycles. The number of ether oxygens (including phenoxy) is 1. The van der Waals surface area contributed by atoms with Crippen LogP contribution in [-0.4, -0.2) is 30.9 Å². The molecule has 2 aromatic rings. The summed E-state index contributed by atoms with van der Waals surface area (Å²) >= 11 is 0. The fraction of sp³-hybridized carbons (Fsp3) is 0.105. The Morgan fingerprint density at radius 2 is 1.78 bits per heavy atom. The maximum atomic E-state index is 14.6. The molecule has 0 atom stereocenters. The number of nitrogens with zero attached hydrogens (tertiary/aromatic N) is 2. The Kier molecular flexibility index (Phi) is 3.66. The van der Waals surface area contributed by atoms with Crippen LogP contribution < -0.4 is 14.5 Å². The van der Waals surface area contributed by atoms with Gasteiger partial charge in [-0.1, -0.05) is 5.92 Å². The number of anilines is 2. The maximum absolute atomic E-state index is 14.6. The smallest absolute Gasteiger partial charge is 0.266 e. The van der Waals surface area contributed by atoms with Crippen LogP contribution in [0.25, 0.3) is 0 Å². The lowest BCUT2D eigenvalue weighted by atomic mass is 10.1. The van der Waals surface area contributed by atoms with E-state index in [1.807, 2.05) is 0 Å². The normalized spacial score (nSPS) is 15.4. The van der Waals surface area contributed by atoms with Crippen molar-refractivity contribution in [1.82, 2.24) is 0 Å². The van der Waals surface area contributed by atoms with Gasteiger partial charge in [0.1, 0.15) is 11.6 Å². The van der Waals surface area contributed by atoms with Crippen LogP contribution in [0.1, 0.15) is 20.7 Å². The predicted octanol–water partition coefficient (Wildman–Crippen LogP) is 2.12. The van der Waals surface area contributed by atoms with Gasteiger partial charge in [0, 0.05) is 6.07 Å². The first-order valence-electron chi connectivity index (χ1n) is 7.81. The molecule has 2 aliphatic rings. The SMILES string of the molecule is C#CCN1C(=O)COc2cc(F)c(N3C(=O)c4ccc(F)cc4C3=O)cc21. The van der Waals surface area contributed by atoms with Gasteiger partial charge in [-0.3, -0.25) is 19.3 Å². The van der Waals surface area contributed by atoms with Crippen molar-refractivity contribution in [2.75, 3.05) is 23.0 Å². The van der Waals surface area contributed by atoms with Gasteiger partial charge in [0.15, 0.2) is 12.4 Å². The number of carbonyl (C=O) groups excluding carboxylic acids is 3. The van der Waals surface area contributed by atoms with Crippen LogP contribution in [0.5, 0.6) is 5.75 Å². The second-order valence-electron chi connectivity index (χ2n) is 5.88. The Morgan fingerprint density at radius 3 is 2.52 bits per heavy atom. The number of imide groups is 1. The molecule has 0 saturated heterocycles. The molecule has 0 aromatic heterocycles. The van der Waals surface area contributed by atoms with E-state index in [1.54, 1.807) is 0 Å². The molecule has 0 bridgehead atoms. The Bertz CT molecular complexity index is 1070. The third kappa shape index (κ3) is 2.44. The summed E-state index contributed by atoms with van der Waals surface area (Å²) in [6, 6.07) is 5.25. The van der Waals surface area contributed by atoms with Gasteiger partial charge in [-0.05, 0) is 24.3 Å². The van der Waals surface area contributed by atoms with Gasteiger partial charge in [-0.2, -0.15) is 0 Å². The highest BCUT2D eigenvalue weighted by atomic mass is 19.1. The number of hydrogen-bond acceptors (Lipinski definition) is 4. The zero-order valence-corrected chi connectivity index (χ0v) is 13.7. The standard InChI is InChI=1S/C19H10F2N2O4/c1-2-5-22-15-8-14(13(21)7-16(15)27-9-17(22)24)23-18(25)11-4-3-10(20)6-12(11)19(23)26/h1,3-4,6-8H,5,9H2. The minimum absolute atomic E-state index is 0.0358. The van der Waals surface area contributed by atoms with Gasteiger partial charge in [-0.25, -0.2) is 13.7 Å². The van der Waals surface area contributed by atoms with Gasteiger partial charge in [-0.15, -0.1) is 6.42 Å². The van der Waals surface area contributed by atoms with Crippen LogP contribution in [0.2, 0.25) is 0 Å². The Morgan fingerprint density at radius 1 is 1.04 bits per heavy atom. The van der Waals surface area contributed by atoms with Crippen molar-refractivity contribution in [3.05, 3.63) is 53.1 Å². The lowest BCUT2D eigenvalue weighted by Crippen LogP contribution is -2.39. The van der Waals surface area contributed by atoms with Crippen molar-refractivity contribution in [1.29, 1.82) is 0 Å². The molecule has 0 N–H and O–H groups in total. The van der Waals surface area contributed by atoms with Crippen molar-refractivity contribution in [2.45, 2.75) is 0 Å². The van der Waals surface area contributed by atoms with E-state index in [9.17, 15) is 23.2 Å². The fourth-order valence-electron chi connectivity index (χ4n) is 3.08. The lowest BCUT2D eigenvalue weighted by molar-refractivity contribution is -0.121. The highest BCUT2D eigenvalue weighted by Crippen LogP contribution is 2.40. The molecule has 0 saturated carbocycles. The van der Waals surface area contributed by atoms with Crippen LogP contribution in [0.3, 0.4) is 0 Å². The van der Waals surface area contributed by atoms with Crippen LogP contribution in [0.15, 0.2) is 30.3 Å². The van der Waals surface area contributed by atoms with Gasteiger partial charge >= 0.3 is 0 Å². The van der Waals surface area contributed by atoms with Crippen molar-refractivity contribution in [3.8, 4) is 18.1 Å². The molecule has 0 aliphatic carbocycles. The first kappa shape index (κ1) is 16.7. The quantitative estimate of drug-likeness (QED) is 0.602. The van der Waals surface area contributed by atoms with E-state index in [-0.39, 0.29) is 41.4 Å². The second kappa shape index (κ2) is 5.92. The number of amides is 3. The number of terminal acetylenes is 1. The molecule has 0 spiro atoms. The molecule has 8 heteroatoms. The molecule has 134 valence electrons. The van der Waals surface area contributed by atoms with Crippen molar-refractivity contribution in [3.63, 3.8) is 0 Å². The Labute approximate surface area is 151 Å². The Hall–Kier alpha value is -3.73. The van der Waals surface area contributed by atoms with E-state index in [1.165, 1.54) is 11.0 Å². The minimum Gasteiger partial charge on any atom is -0.481 e. The molecule has 6 nitrogen and oxygen atoms in total. The Balaban J connectivity index is 1.84. The largest absolute Gasteiger partial charge is 0.481 e. The number of benzene rings is 2. The average molecular weight is 368 g/mol. The van der Waals surface area contributed by atoms with Crippen molar-refractivity contribution < 1.29 is 27.9 Å². The zero-order valence-electron chi connectivity index (χ0n) is 13.7. The number of rotatable bonds is 2. The lowest BCUT2D eigenvalue weighted by Gasteiger charge is -2.29. The van der Waals surface area contributed by atoms with Crippen LogP contribution in [-0.2, 0) is 4.79 Å². The van der Waals surface area contributed by atoms with Gasteiger partial charge in [0.25, 0.3) is 17.7 Å². The van der Waals surface area contributed by atoms with Gasteiger partial charge < -0.3 is 4.74 Å². The summed E-state index contributed by atoms with van der Waals surface area (Å²) in [4.78, 5) is 39.0. The molecule has 0 radical (unpaired) electrons. The summed E-state index contributed by atoms with van der Waals surface area (Å²) in [5.74, 6) is -1.31. The molecule has 4 rings (SSSR count). The van der Waals surface area contributed by atoms with E-state index in [0.717, 1.165) is 24.3 Å². The van der Waals surface area contributed by atoms with E-state index >= 15 is 0 Å². The van der Waals surface area contributed by atoms with Crippen LogP contribution >= 0.6 is 0 Å². The zero-order chi connectivity index (χ0) is 19.3. The molecule has 3 amide bonds. The van der Waals surface area contributed by atoms with E-state index < -0.39 is 29.4 Å². The summed E-state index contributed by atoms with van der Waals surface area (Å²) < 4.78 is 33.3.